The molecule has 7 heterocycles. The highest BCUT2D eigenvalue weighted by atomic mass is 16.7. The molecule has 5 aliphatic rings. The largest absolute Gasteiger partial charge is 0.458 e. The van der Waals surface area contributed by atoms with Crippen LogP contribution in [0.4, 0.5) is 4.79 Å². The van der Waals surface area contributed by atoms with Gasteiger partial charge in [0.2, 0.25) is 5.65 Å². The summed E-state index contributed by atoms with van der Waals surface area (Å²) in [5, 5.41) is 27.2. The molecule has 18 nitrogen and oxygen atoms in total. The normalized spacial score (nSPS) is 40.4. The van der Waals surface area contributed by atoms with Crippen molar-refractivity contribution < 1.29 is 48.0 Å². The molecule has 0 radical (unpaired) electrons. The molecule has 18 heteroatoms. The third-order valence-corrected chi connectivity index (χ3v) is 13.3. The summed E-state index contributed by atoms with van der Waals surface area (Å²) in [5.74, 6) is -2.32. The molecule has 1 amide bonds. The lowest BCUT2D eigenvalue weighted by Crippen LogP contribution is -2.60. The minimum atomic E-state index is -1.14. The van der Waals surface area contributed by atoms with E-state index in [9.17, 15) is 14.7 Å². The van der Waals surface area contributed by atoms with Gasteiger partial charge in [0.25, 0.3) is 0 Å². The van der Waals surface area contributed by atoms with Gasteiger partial charge in [-0.3, -0.25) is 14.7 Å². The number of amides is 1. The minimum Gasteiger partial charge on any atom is -0.458 e. The fraction of sp³-hybridized carbons (Fsp3) is 0.780. The number of oxime groups is 1. The molecule has 7 rings (SSSR count). The zero-order chi connectivity index (χ0) is 42.4. The molecule has 0 spiro atoms. The van der Waals surface area contributed by atoms with Gasteiger partial charge in [-0.2, -0.15) is 10.3 Å². The van der Waals surface area contributed by atoms with Crippen LogP contribution in [-0.2, 0) is 44.7 Å². The molecule has 2 N–H and O–H groups in total. The Labute approximate surface area is 345 Å². The van der Waals surface area contributed by atoms with Crippen molar-refractivity contribution in [3.63, 3.8) is 0 Å². The molecular formula is C41H62N8O10. The Morgan fingerprint density at radius 2 is 1.88 bits per heavy atom. The maximum atomic E-state index is 14.5. The highest BCUT2D eigenvalue weighted by molar-refractivity contribution is 5.91. The standard InChI is InChI=1S/C41H62N8O10/c1-11-29-41(8)34-23(4)30(42-14-15-49(34)39(52)59-41)21(2)17-40(7)35(58-38-32(50)28(48(9)10)16-22(3)56-38)24(5)33(25(6)37(51)57-29)53-19-27(20-54-40)46-55-18-26-12-13-43-36-31(26)44-47-45-36/h12-13,21-25,28-29,32-35,38,50H,11,14-20H2,1-10H3,(H,43,44,45,47)/b46-27+/t21-,22+,23+,24+,25-,28-,29-,32+,33+,34-,35-,38-,40-,41-/m1/s1. The van der Waals surface area contributed by atoms with Gasteiger partial charge in [0, 0.05) is 41.9 Å². The maximum absolute atomic E-state index is 14.5. The number of aliphatic hydroxyl groups excluding tert-OH is 1. The third-order valence-electron chi connectivity index (χ3n) is 13.3. The second-order valence-electron chi connectivity index (χ2n) is 17.8. The molecule has 4 bridgehead atoms. The van der Waals surface area contributed by atoms with Crippen molar-refractivity contribution in [3.8, 4) is 0 Å². The summed E-state index contributed by atoms with van der Waals surface area (Å²) in [4.78, 5) is 47.1. The van der Waals surface area contributed by atoms with Gasteiger partial charge < -0.3 is 43.3 Å². The van der Waals surface area contributed by atoms with Crippen molar-refractivity contribution in [1.29, 1.82) is 0 Å². The number of esters is 1. The number of rotatable bonds is 7. The molecule has 2 aromatic heterocycles. The number of aromatic amines is 1. The summed E-state index contributed by atoms with van der Waals surface area (Å²) in [6.45, 7) is 16.5. The summed E-state index contributed by atoms with van der Waals surface area (Å²) in [6, 6.07) is 1.12. The predicted octanol–water partition coefficient (Wildman–Crippen LogP) is 3.51. The zero-order valence-electron chi connectivity index (χ0n) is 36.0. The van der Waals surface area contributed by atoms with Gasteiger partial charge in [-0.15, -0.1) is 5.10 Å². The van der Waals surface area contributed by atoms with E-state index in [4.69, 9.17) is 38.3 Å². The molecule has 4 saturated heterocycles. The number of nitrogens with one attached hydrogen (secondary N) is 1. The number of aromatic nitrogens is 4. The summed E-state index contributed by atoms with van der Waals surface area (Å²) in [6.07, 6.45) is -1.92. The molecule has 0 saturated carbocycles. The van der Waals surface area contributed by atoms with Crippen molar-refractivity contribution in [2.24, 2.45) is 33.8 Å². The molecule has 0 aliphatic carbocycles. The van der Waals surface area contributed by atoms with E-state index in [0.29, 0.717) is 49.2 Å². The number of pyridine rings is 1. The first kappa shape index (κ1) is 43.3. The second kappa shape index (κ2) is 17.3. The lowest BCUT2D eigenvalue weighted by atomic mass is 9.72. The number of aliphatic hydroxyl groups is 1. The van der Waals surface area contributed by atoms with Gasteiger partial charge in [0.1, 0.15) is 30.0 Å². The number of hydrogen-bond donors (Lipinski definition) is 2. The van der Waals surface area contributed by atoms with Crippen LogP contribution in [0.15, 0.2) is 22.4 Å². The molecule has 59 heavy (non-hydrogen) atoms. The maximum Gasteiger partial charge on any atom is 0.410 e. The van der Waals surface area contributed by atoms with Crippen LogP contribution in [-0.4, -0.2) is 159 Å². The van der Waals surface area contributed by atoms with Crippen LogP contribution in [0.5, 0.6) is 0 Å². The van der Waals surface area contributed by atoms with Crippen molar-refractivity contribution in [3.05, 3.63) is 17.8 Å². The van der Waals surface area contributed by atoms with E-state index in [1.807, 2.05) is 53.6 Å². The van der Waals surface area contributed by atoms with Crippen LogP contribution in [0.3, 0.4) is 0 Å². The zero-order valence-corrected chi connectivity index (χ0v) is 36.0. The predicted molar refractivity (Wildman–Crippen MR) is 214 cm³/mol. The molecule has 4 fully saturated rings. The van der Waals surface area contributed by atoms with Crippen molar-refractivity contribution in [1.82, 2.24) is 30.2 Å². The number of hydrogen-bond acceptors (Lipinski definition) is 16. The lowest BCUT2D eigenvalue weighted by molar-refractivity contribution is -0.302. The minimum absolute atomic E-state index is 0.00137. The van der Waals surface area contributed by atoms with E-state index in [0.717, 1.165) is 11.3 Å². The Kier molecular flexibility index (Phi) is 12.7. The number of nitrogens with zero attached hydrogens (tertiary/aromatic N) is 7. The monoisotopic (exact) mass is 826 g/mol. The SMILES string of the molecule is CC[C@H]1OC(=O)[C@H](C)[C@H]2OC/C(=N\OCc3ccnc4n[nH]nc34)CO[C@](C)(C[C@@H](C)C3=NCCN4C(=O)O[C@@]1(C)[C@H]4[C@H]3C)[C@H](O[C@H]1O[C@@H](C)C[C@@H](N(C)C)[C@@H]1O)[C@H]2C. The van der Waals surface area contributed by atoms with Crippen LogP contribution < -0.4 is 0 Å². The van der Waals surface area contributed by atoms with E-state index >= 15 is 0 Å². The number of aliphatic imine (C=N–C) groups is 1. The van der Waals surface area contributed by atoms with Gasteiger partial charge in [-0.05, 0) is 73.0 Å². The van der Waals surface area contributed by atoms with Gasteiger partial charge in [-0.1, -0.05) is 32.9 Å². The van der Waals surface area contributed by atoms with Crippen molar-refractivity contribution in [2.75, 3.05) is 40.4 Å². The molecule has 0 unspecified atom stereocenters. The highest BCUT2D eigenvalue weighted by Crippen LogP contribution is 2.45. The molecule has 14 atom stereocenters. The second-order valence-corrected chi connectivity index (χ2v) is 17.8. The average molecular weight is 827 g/mol. The fourth-order valence-electron chi connectivity index (χ4n) is 10.3. The summed E-state index contributed by atoms with van der Waals surface area (Å²) >= 11 is 0. The van der Waals surface area contributed by atoms with Gasteiger partial charge in [-0.25, -0.2) is 9.78 Å². The smallest absolute Gasteiger partial charge is 0.410 e. The first-order valence-corrected chi connectivity index (χ1v) is 21.0. The molecule has 5 aliphatic heterocycles. The Hall–Kier alpha value is -3.81. The van der Waals surface area contributed by atoms with E-state index in [1.54, 1.807) is 24.1 Å². The highest BCUT2D eigenvalue weighted by Gasteiger charge is 2.60. The summed E-state index contributed by atoms with van der Waals surface area (Å²) < 4.78 is 39.8. The average Bonchev–Trinajstić information content (AvgIpc) is 3.73. The Morgan fingerprint density at radius 3 is 2.63 bits per heavy atom. The van der Waals surface area contributed by atoms with E-state index in [-0.39, 0.29) is 43.8 Å². The van der Waals surface area contributed by atoms with Crippen LogP contribution in [0.25, 0.3) is 11.2 Å². The number of likely N-dealkylation sites (N-methyl/N-ethyl adjacent to an activating group) is 1. The summed E-state index contributed by atoms with van der Waals surface area (Å²) in [7, 11) is 3.86. The number of cyclic esters (lactones) is 1. The molecule has 326 valence electrons. The van der Waals surface area contributed by atoms with Gasteiger partial charge in [0.15, 0.2) is 11.9 Å². The molecule has 0 aromatic carbocycles. The van der Waals surface area contributed by atoms with Crippen LogP contribution in [0.2, 0.25) is 0 Å². The Morgan fingerprint density at radius 1 is 1.10 bits per heavy atom. The molecule has 2 aromatic rings. The number of H-pyrrole nitrogens is 1. The van der Waals surface area contributed by atoms with Crippen LogP contribution in [0, 0.1) is 23.7 Å². The van der Waals surface area contributed by atoms with Crippen LogP contribution in [0.1, 0.15) is 80.2 Å². The third kappa shape index (κ3) is 8.32. The molecular weight excluding hydrogens is 764 g/mol. The van der Waals surface area contributed by atoms with Crippen molar-refractivity contribution >= 4 is 34.6 Å². The van der Waals surface area contributed by atoms with Crippen molar-refractivity contribution in [2.45, 2.75) is 141 Å². The van der Waals surface area contributed by atoms with E-state index in [1.165, 1.54) is 0 Å². The summed E-state index contributed by atoms with van der Waals surface area (Å²) in [5.41, 5.74) is 0.871. The number of carbonyl (C=O) groups excluding carboxylic acids is 2. The Balaban J connectivity index is 1.31. The van der Waals surface area contributed by atoms with Gasteiger partial charge in [0.05, 0.1) is 55.6 Å². The number of carbonyl (C=O) groups is 2. The number of ether oxygens (including phenoxy) is 6. The first-order valence-electron chi connectivity index (χ1n) is 21.0. The first-order chi connectivity index (χ1) is 28.1. The van der Waals surface area contributed by atoms with E-state index < -0.39 is 71.8 Å². The van der Waals surface area contributed by atoms with Gasteiger partial charge >= 0.3 is 12.1 Å². The quantitative estimate of drug-likeness (QED) is 0.303. The topological polar surface area (TPSA) is 205 Å². The Bertz CT molecular complexity index is 1890. The number of fused-ring (bicyclic) bond motifs is 5. The lowest BCUT2D eigenvalue weighted by Gasteiger charge is -2.48. The fourth-order valence-corrected chi connectivity index (χ4v) is 10.3. The van der Waals surface area contributed by atoms with E-state index in [2.05, 4.69) is 39.4 Å². The van der Waals surface area contributed by atoms with Crippen LogP contribution >= 0.6 is 0 Å².